The van der Waals surface area contributed by atoms with E-state index in [2.05, 4.69) is 10.6 Å². The number of benzene rings is 2. The summed E-state index contributed by atoms with van der Waals surface area (Å²) in [6, 6.07) is 14.6. The summed E-state index contributed by atoms with van der Waals surface area (Å²) >= 11 is 6.10. The number of methoxy groups -OCH3 is 1. The van der Waals surface area contributed by atoms with E-state index in [4.69, 9.17) is 20.9 Å². The van der Waals surface area contributed by atoms with Gasteiger partial charge in [-0.2, -0.15) is 0 Å². The SMILES string of the molecule is COc1ccc(-[n+]2[nH]oc(=O)c2CNc2ccccc2Cl)cc1. The van der Waals surface area contributed by atoms with Crippen LogP contribution in [0.5, 0.6) is 5.75 Å². The average molecular weight is 333 g/mol. The van der Waals surface area contributed by atoms with Gasteiger partial charge in [-0.3, -0.25) is 4.52 Å². The number of H-pyrrole nitrogens is 1. The smallest absolute Gasteiger partial charge is 0.432 e. The van der Waals surface area contributed by atoms with Crippen molar-refractivity contribution in [2.24, 2.45) is 0 Å². The molecule has 23 heavy (non-hydrogen) atoms. The van der Waals surface area contributed by atoms with Gasteiger partial charge in [0.1, 0.15) is 12.3 Å². The molecule has 1 heterocycles. The normalized spacial score (nSPS) is 10.5. The van der Waals surface area contributed by atoms with Gasteiger partial charge in [-0.25, -0.2) is 4.79 Å². The van der Waals surface area contributed by atoms with E-state index in [-0.39, 0.29) is 6.54 Å². The van der Waals surface area contributed by atoms with Gasteiger partial charge in [0, 0.05) is 12.1 Å². The van der Waals surface area contributed by atoms with Crippen LogP contribution < -0.4 is 20.4 Å². The standard InChI is InChI=1S/C16H14ClN3O3/c1-22-12-8-6-11(7-9-12)20-15(16(21)23-19-20)10-18-14-5-3-2-4-13(14)17/h2-9,18H,10H2,1H3/p+1. The van der Waals surface area contributed by atoms with Crippen LogP contribution in [-0.4, -0.2) is 12.4 Å². The van der Waals surface area contributed by atoms with Crippen LogP contribution in [0.2, 0.25) is 5.02 Å². The molecule has 6 nitrogen and oxygen atoms in total. The van der Waals surface area contributed by atoms with E-state index in [1.54, 1.807) is 30.0 Å². The van der Waals surface area contributed by atoms with Crippen LogP contribution in [0.1, 0.15) is 5.69 Å². The fourth-order valence-electron chi connectivity index (χ4n) is 2.17. The molecule has 118 valence electrons. The lowest BCUT2D eigenvalue weighted by molar-refractivity contribution is -0.677. The van der Waals surface area contributed by atoms with Crippen molar-refractivity contribution in [2.75, 3.05) is 12.4 Å². The number of nitrogens with one attached hydrogen (secondary N) is 2. The van der Waals surface area contributed by atoms with Gasteiger partial charge in [-0.05, 0) is 34.2 Å². The maximum Gasteiger partial charge on any atom is 0.432 e. The van der Waals surface area contributed by atoms with Gasteiger partial charge in [-0.15, -0.1) is 0 Å². The van der Waals surface area contributed by atoms with Gasteiger partial charge in [0.25, 0.3) is 0 Å². The number of aromatic nitrogens is 2. The van der Waals surface area contributed by atoms with Crippen LogP contribution in [0.4, 0.5) is 5.69 Å². The molecule has 0 fully saturated rings. The van der Waals surface area contributed by atoms with E-state index >= 15 is 0 Å². The molecule has 0 amide bonds. The van der Waals surface area contributed by atoms with E-state index in [9.17, 15) is 4.79 Å². The minimum absolute atomic E-state index is 0.265. The summed E-state index contributed by atoms with van der Waals surface area (Å²) in [7, 11) is 1.60. The molecule has 0 radical (unpaired) electrons. The number of hydrogen-bond donors (Lipinski definition) is 2. The lowest BCUT2D eigenvalue weighted by Crippen LogP contribution is -2.39. The van der Waals surface area contributed by atoms with Gasteiger partial charge in [-0.1, -0.05) is 23.7 Å². The fraction of sp³-hybridized carbons (Fsp3) is 0.125. The second kappa shape index (κ2) is 6.58. The lowest BCUT2D eigenvalue weighted by Gasteiger charge is -2.04. The molecular formula is C16H15ClN3O3+. The van der Waals surface area contributed by atoms with Gasteiger partial charge < -0.3 is 10.1 Å². The van der Waals surface area contributed by atoms with E-state index in [1.165, 1.54) is 0 Å². The summed E-state index contributed by atoms with van der Waals surface area (Å²) in [5, 5.41) is 6.31. The highest BCUT2D eigenvalue weighted by molar-refractivity contribution is 6.33. The molecule has 0 saturated carbocycles. The molecule has 0 spiro atoms. The molecule has 2 aromatic carbocycles. The first-order chi connectivity index (χ1) is 11.2. The first-order valence-electron chi connectivity index (χ1n) is 6.94. The topological polar surface area (TPSA) is 71.1 Å². The van der Waals surface area contributed by atoms with E-state index in [0.717, 1.165) is 17.1 Å². The Labute approximate surface area is 137 Å². The molecule has 1 aromatic heterocycles. The molecule has 0 unspecified atom stereocenters. The summed E-state index contributed by atoms with van der Waals surface area (Å²) in [5.41, 5.74) is 1.49. The average Bonchev–Trinajstić information content (AvgIpc) is 2.95. The predicted molar refractivity (Wildman–Crippen MR) is 86.2 cm³/mol. The number of aromatic amines is 1. The molecule has 2 N–H and O–H groups in total. The second-order valence-electron chi connectivity index (χ2n) is 4.79. The summed E-state index contributed by atoms with van der Waals surface area (Å²) in [6.07, 6.45) is 0. The number of para-hydroxylation sites is 1. The minimum Gasteiger partial charge on any atom is -0.497 e. The summed E-state index contributed by atoms with van der Waals surface area (Å²) in [4.78, 5) is 11.9. The Kier molecular flexibility index (Phi) is 4.34. The van der Waals surface area contributed by atoms with Crippen molar-refractivity contribution >= 4 is 17.3 Å². The molecule has 3 aromatic rings. The van der Waals surface area contributed by atoms with Crippen LogP contribution in [0.25, 0.3) is 5.69 Å². The van der Waals surface area contributed by atoms with Crippen molar-refractivity contribution in [3.63, 3.8) is 0 Å². The predicted octanol–water partition coefficient (Wildman–Crippen LogP) is 2.52. The van der Waals surface area contributed by atoms with Crippen molar-refractivity contribution in [1.82, 2.24) is 5.27 Å². The van der Waals surface area contributed by atoms with Crippen molar-refractivity contribution in [1.29, 1.82) is 0 Å². The Morgan fingerprint density at radius 2 is 1.96 bits per heavy atom. The number of nitrogens with zero attached hydrogens (tertiary/aromatic N) is 1. The van der Waals surface area contributed by atoms with Crippen molar-refractivity contribution in [3.8, 4) is 11.4 Å². The Balaban J connectivity index is 1.86. The maximum absolute atomic E-state index is 11.9. The Bertz CT molecular complexity index is 856. The molecule has 0 aliphatic carbocycles. The molecule has 0 bridgehead atoms. The highest BCUT2D eigenvalue weighted by Crippen LogP contribution is 2.20. The van der Waals surface area contributed by atoms with Gasteiger partial charge in [0.15, 0.2) is 0 Å². The van der Waals surface area contributed by atoms with Crippen molar-refractivity contribution in [2.45, 2.75) is 6.54 Å². The third-order valence-electron chi connectivity index (χ3n) is 3.39. The number of hydrogen-bond acceptors (Lipinski definition) is 4. The Morgan fingerprint density at radius 1 is 1.22 bits per heavy atom. The zero-order valence-electron chi connectivity index (χ0n) is 12.4. The summed E-state index contributed by atoms with van der Waals surface area (Å²) in [6.45, 7) is 0.265. The zero-order valence-corrected chi connectivity index (χ0v) is 13.1. The van der Waals surface area contributed by atoms with E-state index < -0.39 is 5.63 Å². The van der Waals surface area contributed by atoms with Gasteiger partial charge in [0.2, 0.25) is 5.69 Å². The van der Waals surface area contributed by atoms with Crippen LogP contribution in [0, 0.1) is 0 Å². The lowest BCUT2D eigenvalue weighted by atomic mass is 10.3. The van der Waals surface area contributed by atoms with E-state index in [0.29, 0.717) is 10.7 Å². The molecule has 7 heteroatoms. The highest BCUT2D eigenvalue weighted by atomic mass is 35.5. The van der Waals surface area contributed by atoms with E-state index in [1.807, 2.05) is 30.3 Å². The minimum atomic E-state index is -0.444. The Morgan fingerprint density at radius 3 is 2.65 bits per heavy atom. The van der Waals surface area contributed by atoms with Gasteiger partial charge in [0.05, 0.1) is 17.8 Å². The number of ether oxygens (including phenoxy) is 1. The molecular weight excluding hydrogens is 318 g/mol. The first kappa shape index (κ1) is 15.2. The van der Waals surface area contributed by atoms with Crippen LogP contribution in [-0.2, 0) is 6.54 Å². The van der Waals surface area contributed by atoms with Crippen LogP contribution >= 0.6 is 11.6 Å². The number of anilines is 1. The Hall–Kier alpha value is -2.73. The van der Waals surface area contributed by atoms with Crippen LogP contribution in [0.3, 0.4) is 0 Å². The quantitative estimate of drug-likeness (QED) is 0.704. The van der Waals surface area contributed by atoms with Crippen LogP contribution in [0.15, 0.2) is 57.8 Å². The zero-order chi connectivity index (χ0) is 16.2. The fourth-order valence-corrected chi connectivity index (χ4v) is 2.37. The third-order valence-corrected chi connectivity index (χ3v) is 3.72. The highest BCUT2D eigenvalue weighted by Gasteiger charge is 2.23. The molecule has 0 aliphatic heterocycles. The first-order valence-corrected chi connectivity index (χ1v) is 7.32. The maximum atomic E-state index is 11.9. The third kappa shape index (κ3) is 3.22. The number of rotatable bonds is 5. The monoisotopic (exact) mass is 332 g/mol. The molecule has 0 atom stereocenters. The number of halogens is 1. The summed E-state index contributed by atoms with van der Waals surface area (Å²) < 4.78 is 11.6. The molecule has 0 saturated heterocycles. The van der Waals surface area contributed by atoms with Crippen molar-refractivity contribution < 1.29 is 13.9 Å². The molecule has 3 rings (SSSR count). The summed E-state index contributed by atoms with van der Waals surface area (Å²) in [5.74, 6) is 0.732. The largest absolute Gasteiger partial charge is 0.497 e. The van der Waals surface area contributed by atoms with Crippen molar-refractivity contribution in [3.05, 3.63) is 69.7 Å². The second-order valence-corrected chi connectivity index (χ2v) is 5.20. The molecule has 0 aliphatic rings. The van der Waals surface area contributed by atoms with Gasteiger partial charge >= 0.3 is 11.3 Å².